The number of hydrogen-bond donors (Lipinski definition) is 2. The van der Waals surface area contributed by atoms with E-state index in [1.807, 2.05) is 37.3 Å². The van der Waals surface area contributed by atoms with Crippen molar-refractivity contribution in [3.05, 3.63) is 35.9 Å². The highest BCUT2D eigenvalue weighted by Gasteiger charge is 2.26. The van der Waals surface area contributed by atoms with Crippen LogP contribution in [0.15, 0.2) is 30.3 Å². The number of aliphatic hydroxyl groups is 1. The molecule has 96 valence electrons. The molecule has 0 bridgehead atoms. The topological polar surface area (TPSA) is 41.5 Å². The lowest BCUT2D eigenvalue weighted by Gasteiger charge is -2.33. The highest BCUT2D eigenvalue weighted by atomic mass is 16.5. The molecule has 0 aliphatic rings. The van der Waals surface area contributed by atoms with Crippen LogP contribution in [0.25, 0.3) is 0 Å². The SMILES string of the molecule is COCCC(C)NC(C)(CO)c1ccccc1. The van der Waals surface area contributed by atoms with E-state index in [1.54, 1.807) is 7.11 Å². The Morgan fingerprint density at radius 3 is 2.53 bits per heavy atom. The number of hydrogen-bond acceptors (Lipinski definition) is 3. The molecule has 3 nitrogen and oxygen atoms in total. The van der Waals surface area contributed by atoms with Crippen LogP contribution in [0.5, 0.6) is 0 Å². The van der Waals surface area contributed by atoms with Gasteiger partial charge in [-0.25, -0.2) is 0 Å². The number of aliphatic hydroxyl groups excluding tert-OH is 1. The summed E-state index contributed by atoms with van der Waals surface area (Å²) in [5, 5.41) is 13.1. The van der Waals surface area contributed by atoms with Crippen molar-refractivity contribution in [3.63, 3.8) is 0 Å². The molecule has 0 aliphatic carbocycles. The number of methoxy groups -OCH3 is 1. The van der Waals surface area contributed by atoms with Crippen LogP contribution in [-0.2, 0) is 10.3 Å². The van der Waals surface area contributed by atoms with E-state index in [0.29, 0.717) is 6.04 Å². The van der Waals surface area contributed by atoms with Crippen molar-refractivity contribution < 1.29 is 9.84 Å². The van der Waals surface area contributed by atoms with Gasteiger partial charge in [-0.3, -0.25) is 0 Å². The van der Waals surface area contributed by atoms with Gasteiger partial charge in [-0.2, -0.15) is 0 Å². The molecule has 0 fully saturated rings. The van der Waals surface area contributed by atoms with Gasteiger partial charge in [0.25, 0.3) is 0 Å². The van der Waals surface area contributed by atoms with E-state index in [4.69, 9.17) is 4.74 Å². The molecule has 2 unspecified atom stereocenters. The van der Waals surface area contributed by atoms with E-state index in [1.165, 1.54) is 0 Å². The fourth-order valence-electron chi connectivity index (χ4n) is 1.94. The highest BCUT2D eigenvalue weighted by molar-refractivity contribution is 5.23. The Labute approximate surface area is 104 Å². The third-order valence-electron chi connectivity index (χ3n) is 3.05. The van der Waals surface area contributed by atoms with Gasteiger partial charge in [0, 0.05) is 19.8 Å². The Morgan fingerprint density at radius 1 is 1.35 bits per heavy atom. The molecule has 0 aliphatic heterocycles. The number of ether oxygens (including phenoxy) is 1. The molecule has 0 spiro atoms. The second kappa shape index (κ2) is 6.74. The summed E-state index contributed by atoms with van der Waals surface area (Å²) in [6, 6.07) is 10.3. The minimum atomic E-state index is -0.394. The first-order chi connectivity index (χ1) is 8.12. The van der Waals surface area contributed by atoms with Gasteiger partial charge < -0.3 is 15.2 Å². The fraction of sp³-hybridized carbons (Fsp3) is 0.571. The summed E-state index contributed by atoms with van der Waals surface area (Å²) in [6.07, 6.45) is 0.929. The van der Waals surface area contributed by atoms with Crippen molar-refractivity contribution in [3.8, 4) is 0 Å². The van der Waals surface area contributed by atoms with Crippen molar-refractivity contribution in [1.82, 2.24) is 5.32 Å². The molecule has 2 atom stereocenters. The maximum atomic E-state index is 9.62. The van der Waals surface area contributed by atoms with Crippen molar-refractivity contribution in [2.75, 3.05) is 20.3 Å². The maximum absolute atomic E-state index is 9.62. The number of rotatable bonds is 7. The third kappa shape index (κ3) is 4.11. The standard InChI is InChI=1S/C14H23NO2/c1-12(9-10-17-3)15-14(2,11-16)13-7-5-4-6-8-13/h4-8,12,15-16H,9-11H2,1-3H3. The van der Waals surface area contributed by atoms with Gasteiger partial charge in [0.2, 0.25) is 0 Å². The van der Waals surface area contributed by atoms with Gasteiger partial charge >= 0.3 is 0 Å². The van der Waals surface area contributed by atoms with Crippen LogP contribution in [0, 0.1) is 0 Å². The van der Waals surface area contributed by atoms with Crippen LogP contribution in [0.2, 0.25) is 0 Å². The van der Waals surface area contributed by atoms with E-state index in [2.05, 4.69) is 12.2 Å². The van der Waals surface area contributed by atoms with Crippen molar-refractivity contribution >= 4 is 0 Å². The lowest BCUT2D eigenvalue weighted by Crippen LogP contribution is -2.47. The number of nitrogens with one attached hydrogen (secondary N) is 1. The molecule has 0 saturated heterocycles. The minimum absolute atomic E-state index is 0.0777. The second-order valence-electron chi connectivity index (χ2n) is 4.68. The highest BCUT2D eigenvalue weighted by Crippen LogP contribution is 2.20. The second-order valence-corrected chi connectivity index (χ2v) is 4.68. The Balaban J connectivity index is 2.69. The average Bonchev–Trinajstić information content (AvgIpc) is 2.37. The van der Waals surface area contributed by atoms with Crippen LogP contribution in [0.1, 0.15) is 25.8 Å². The summed E-state index contributed by atoms with van der Waals surface area (Å²) < 4.78 is 5.06. The summed E-state index contributed by atoms with van der Waals surface area (Å²) in [7, 11) is 1.70. The van der Waals surface area contributed by atoms with Crippen LogP contribution in [0.4, 0.5) is 0 Å². The molecule has 1 aromatic carbocycles. The zero-order valence-corrected chi connectivity index (χ0v) is 10.9. The van der Waals surface area contributed by atoms with Gasteiger partial charge in [-0.05, 0) is 25.8 Å². The molecule has 0 amide bonds. The van der Waals surface area contributed by atoms with Crippen molar-refractivity contribution in [1.29, 1.82) is 0 Å². The number of benzene rings is 1. The Hall–Kier alpha value is -0.900. The Morgan fingerprint density at radius 2 is 2.00 bits per heavy atom. The summed E-state index contributed by atoms with van der Waals surface area (Å²) in [5.74, 6) is 0. The van der Waals surface area contributed by atoms with Crippen molar-refractivity contribution in [2.24, 2.45) is 0 Å². The zero-order valence-electron chi connectivity index (χ0n) is 10.9. The molecule has 17 heavy (non-hydrogen) atoms. The minimum Gasteiger partial charge on any atom is -0.394 e. The molecule has 1 rings (SSSR count). The molecule has 0 saturated carbocycles. The van der Waals surface area contributed by atoms with Gasteiger partial charge in [-0.1, -0.05) is 30.3 Å². The molecule has 0 radical (unpaired) electrons. The van der Waals surface area contributed by atoms with Gasteiger partial charge in [0.1, 0.15) is 0 Å². The normalized spacial score (nSPS) is 16.5. The van der Waals surface area contributed by atoms with Crippen LogP contribution in [-0.4, -0.2) is 31.5 Å². The molecular weight excluding hydrogens is 214 g/mol. The van der Waals surface area contributed by atoms with E-state index >= 15 is 0 Å². The van der Waals surface area contributed by atoms with Crippen LogP contribution >= 0.6 is 0 Å². The Bertz CT molecular complexity index is 315. The average molecular weight is 237 g/mol. The summed E-state index contributed by atoms with van der Waals surface area (Å²) in [6.45, 7) is 4.93. The summed E-state index contributed by atoms with van der Waals surface area (Å²) in [4.78, 5) is 0. The monoisotopic (exact) mass is 237 g/mol. The third-order valence-corrected chi connectivity index (χ3v) is 3.05. The first kappa shape index (κ1) is 14.2. The molecule has 0 heterocycles. The molecular formula is C14H23NO2. The smallest absolute Gasteiger partial charge is 0.0652 e. The van der Waals surface area contributed by atoms with E-state index < -0.39 is 5.54 Å². The molecule has 2 N–H and O–H groups in total. The Kier molecular flexibility index (Phi) is 5.62. The molecule has 1 aromatic rings. The van der Waals surface area contributed by atoms with Crippen molar-refractivity contribution in [2.45, 2.75) is 31.8 Å². The molecule has 3 heteroatoms. The van der Waals surface area contributed by atoms with Crippen LogP contribution in [0.3, 0.4) is 0 Å². The quantitative estimate of drug-likeness (QED) is 0.761. The predicted molar refractivity (Wildman–Crippen MR) is 70.0 cm³/mol. The zero-order chi connectivity index (χ0) is 12.7. The molecule has 0 aromatic heterocycles. The maximum Gasteiger partial charge on any atom is 0.0652 e. The van der Waals surface area contributed by atoms with Crippen LogP contribution < -0.4 is 5.32 Å². The first-order valence-electron chi connectivity index (χ1n) is 6.05. The first-order valence-corrected chi connectivity index (χ1v) is 6.05. The van der Waals surface area contributed by atoms with Gasteiger partial charge in [0.15, 0.2) is 0 Å². The predicted octanol–water partition coefficient (Wildman–Crippen LogP) is 1.91. The van der Waals surface area contributed by atoms with E-state index in [-0.39, 0.29) is 6.61 Å². The lowest BCUT2D eigenvalue weighted by atomic mass is 9.92. The van der Waals surface area contributed by atoms with Gasteiger partial charge in [0.05, 0.1) is 12.1 Å². The van der Waals surface area contributed by atoms with Gasteiger partial charge in [-0.15, -0.1) is 0 Å². The summed E-state index contributed by atoms with van der Waals surface area (Å²) >= 11 is 0. The largest absolute Gasteiger partial charge is 0.394 e. The summed E-state index contributed by atoms with van der Waals surface area (Å²) in [5.41, 5.74) is 0.709. The lowest BCUT2D eigenvalue weighted by molar-refractivity contribution is 0.143. The van der Waals surface area contributed by atoms with E-state index in [9.17, 15) is 5.11 Å². The fourth-order valence-corrected chi connectivity index (χ4v) is 1.94. The van der Waals surface area contributed by atoms with E-state index in [0.717, 1.165) is 18.6 Å².